The van der Waals surface area contributed by atoms with Crippen molar-refractivity contribution in [2.45, 2.75) is 46.1 Å². The molecule has 2 atom stereocenters. The fraction of sp³-hybridized carbons (Fsp3) is 0.750. The van der Waals surface area contributed by atoms with Gasteiger partial charge in [-0.15, -0.1) is 0 Å². The van der Waals surface area contributed by atoms with E-state index in [4.69, 9.17) is 4.74 Å². The van der Waals surface area contributed by atoms with E-state index >= 15 is 0 Å². The summed E-state index contributed by atoms with van der Waals surface area (Å²) in [5.41, 5.74) is 1.11. The van der Waals surface area contributed by atoms with E-state index in [9.17, 15) is 4.79 Å². The largest absolute Gasteiger partial charge is 0.458 e. The molecule has 1 rings (SSSR count). The summed E-state index contributed by atoms with van der Waals surface area (Å²) in [7, 11) is 0. The van der Waals surface area contributed by atoms with Gasteiger partial charge in [0.25, 0.3) is 0 Å². The van der Waals surface area contributed by atoms with Crippen molar-refractivity contribution in [1.29, 1.82) is 0 Å². The number of carbonyl (C=O) groups is 1. The summed E-state index contributed by atoms with van der Waals surface area (Å²) in [4.78, 5) is 10.9. The van der Waals surface area contributed by atoms with Crippen molar-refractivity contribution in [2.24, 2.45) is 11.8 Å². The molecule has 0 N–H and O–H groups in total. The lowest BCUT2D eigenvalue weighted by atomic mass is 9.77. The topological polar surface area (TPSA) is 26.3 Å². The predicted molar refractivity (Wildman–Crippen MR) is 56.9 cm³/mol. The van der Waals surface area contributed by atoms with Crippen LogP contribution in [0.25, 0.3) is 0 Å². The second kappa shape index (κ2) is 4.63. The molecule has 2 heteroatoms. The fourth-order valence-electron chi connectivity index (χ4n) is 2.23. The second-order valence-corrected chi connectivity index (χ2v) is 4.45. The predicted octanol–water partition coefficient (Wildman–Crippen LogP) is 2.93. The maximum absolute atomic E-state index is 10.9. The lowest BCUT2D eigenvalue weighted by molar-refractivity contribution is -0.145. The Morgan fingerprint density at radius 2 is 2.14 bits per heavy atom. The van der Waals surface area contributed by atoms with Crippen molar-refractivity contribution in [3.63, 3.8) is 0 Å². The van der Waals surface area contributed by atoms with Crippen LogP contribution in [0, 0.1) is 11.8 Å². The van der Waals surface area contributed by atoms with Crippen LogP contribution in [0.1, 0.15) is 40.0 Å². The molecule has 0 aromatic heterocycles. The third-order valence-corrected chi connectivity index (χ3v) is 2.98. The average Bonchev–Trinajstić information content (AvgIpc) is 2.07. The first-order valence-corrected chi connectivity index (χ1v) is 5.38. The standard InChI is InChI=1S/C12H20O2/c1-8(2)11-6-5-7-12(9(11)3)14-10(4)13/h8,11-12H,3,5-7H2,1-2,4H3/t11-,12-/m0/s1. The minimum Gasteiger partial charge on any atom is -0.458 e. The Hall–Kier alpha value is -0.790. The van der Waals surface area contributed by atoms with Gasteiger partial charge in [-0.1, -0.05) is 20.4 Å². The zero-order valence-electron chi connectivity index (χ0n) is 9.38. The quantitative estimate of drug-likeness (QED) is 0.501. The van der Waals surface area contributed by atoms with Crippen LogP contribution in [-0.2, 0) is 9.53 Å². The van der Waals surface area contributed by atoms with E-state index in [2.05, 4.69) is 20.4 Å². The first-order valence-electron chi connectivity index (χ1n) is 5.38. The van der Waals surface area contributed by atoms with Gasteiger partial charge in [-0.3, -0.25) is 4.79 Å². The second-order valence-electron chi connectivity index (χ2n) is 4.45. The molecule has 0 aromatic rings. The SMILES string of the molecule is C=C1[C@@H](OC(C)=O)CCC[C@H]1C(C)C. The highest BCUT2D eigenvalue weighted by atomic mass is 16.5. The Balaban J connectivity index is 2.61. The van der Waals surface area contributed by atoms with Gasteiger partial charge in [-0.05, 0) is 36.7 Å². The van der Waals surface area contributed by atoms with Gasteiger partial charge >= 0.3 is 5.97 Å². The number of carbonyl (C=O) groups excluding carboxylic acids is 1. The van der Waals surface area contributed by atoms with Crippen molar-refractivity contribution in [1.82, 2.24) is 0 Å². The highest BCUT2D eigenvalue weighted by Gasteiger charge is 2.29. The molecular weight excluding hydrogens is 176 g/mol. The molecular formula is C12H20O2. The molecule has 0 unspecified atom stereocenters. The molecule has 14 heavy (non-hydrogen) atoms. The van der Waals surface area contributed by atoms with Gasteiger partial charge in [0, 0.05) is 6.92 Å². The summed E-state index contributed by atoms with van der Waals surface area (Å²) >= 11 is 0. The maximum Gasteiger partial charge on any atom is 0.303 e. The van der Waals surface area contributed by atoms with Crippen LogP contribution >= 0.6 is 0 Å². The third kappa shape index (κ3) is 2.60. The minimum atomic E-state index is -0.194. The highest BCUT2D eigenvalue weighted by Crippen LogP contribution is 2.35. The van der Waals surface area contributed by atoms with Crippen LogP contribution in [-0.4, -0.2) is 12.1 Å². The summed E-state index contributed by atoms with van der Waals surface area (Å²) in [5, 5.41) is 0. The first-order chi connectivity index (χ1) is 6.52. The van der Waals surface area contributed by atoms with E-state index in [1.165, 1.54) is 13.3 Å². The van der Waals surface area contributed by atoms with Gasteiger partial charge < -0.3 is 4.74 Å². The van der Waals surface area contributed by atoms with Gasteiger partial charge in [0.15, 0.2) is 0 Å². The molecule has 0 heterocycles. The Morgan fingerprint density at radius 3 is 2.64 bits per heavy atom. The lowest BCUT2D eigenvalue weighted by Crippen LogP contribution is -2.29. The van der Waals surface area contributed by atoms with Crippen LogP contribution in [0.15, 0.2) is 12.2 Å². The summed E-state index contributed by atoms with van der Waals surface area (Å²) in [6, 6.07) is 0. The van der Waals surface area contributed by atoms with E-state index in [1.54, 1.807) is 0 Å². The van der Waals surface area contributed by atoms with Crippen LogP contribution in [0.5, 0.6) is 0 Å². The van der Waals surface area contributed by atoms with Crippen LogP contribution in [0.3, 0.4) is 0 Å². The van der Waals surface area contributed by atoms with Gasteiger partial charge in [-0.2, -0.15) is 0 Å². The molecule has 1 aliphatic carbocycles. The molecule has 0 radical (unpaired) electrons. The summed E-state index contributed by atoms with van der Waals surface area (Å²) in [6.07, 6.45) is 3.24. The first kappa shape index (κ1) is 11.3. The van der Waals surface area contributed by atoms with Crippen molar-refractivity contribution in [3.8, 4) is 0 Å². The van der Waals surface area contributed by atoms with E-state index in [1.807, 2.05) is 0 Å². The lowest BCUT2D eigenvalue weighted by Gasteiger charge is -2.33. The van der Waals surface area contributed by atoms with E-state index < -0.39 is 0 Å². The molecule has 0 aromatic carbocycles. The monoisotopic (exact) mass is 196 g/mol. The number of ether oxygens (including phenoxy) is 1. The molecule has 1 saturated carbocycles. The highest BCUT2D eigenvalue weighted by molar-refractivity contribution is 5.66. The van der Waals surface area contributed by atoms with Crippen LogP contribution in [0.4, 0.5) is 0 Å². The zero-order chi connectivity index (χ0) is 10.7. The zero-order valence-corrected chi connectivity index (χ0v) is 9.38. The third-order valence-electron chi connectivity index (χ3n) is 2.98. The van der Waals surface area contributed by atoms with Crippen molar-refractivity contribution < 1.29 is 9.53 Å². The maximum atomic E-state index is 10.9. The molecule has 1 aliphatic rings. The molecule has 0 amide bonds. The Morgan fingerprint density at radius 1 is 1.50 bits per heavy atom. The van der Waals surface area contributed by atoms with Gasteiger partial charge in [0.1, 0.15) is 6.10 Å². The van der Waals surface area contributed by atoms with Crippen molar-refractivity contribution in [2.75, 3.05) is 0 Å². The van der Waals surface area contributed by atoms with Crippen molar-refractivity contribution in [3.05, 3.63) is 12.2 Å². The smallest absolute Gasteiger partial charge is 0.303 e. The minimum absolute atomic E-state index is 0.0337. The Labute approximate surface area is 86.3 Å². The number of hydrogen-bond acceptors (Lipinski definition) is 2. The summed E-state index contributed by atoms with van der Waals surface area (Å²) in [5.74, 6) is 0.925. The summed E-state index contributed by atoms with van der Waals surface area (Å²) < 4.78 is 5.25. The van der Waals surface area contributed by atoms with E-state index in [0.29, 0.717) is 11.8 Å². The Kier molecular flexibility index (Phi) is 3.73. The van der Waals surface area contributed by atoms with Crippen LogP contribution < -0.4 is 0 Å². The molecule has 0 aliphatic heterocycles. The fourth-order valence-corrected chi connectivity index (χ4v) is 2.23. The molecule has 2 nitrogen and oxygen atoms in total. The molecule has 0 saturated heterocycles. The number of rotatable bonds is 2. The number of esters is 1. The number of hydrogen-bond donors (Lipinski definition) is 0. The molecule has 1 fully saturated rings. The van der Waals surface area contributed by atoms with Gasteiger partial charge in [0.05, 0.1) is 0 Å². The van der Waals surface area contributed by atoms with Crippen molar-refractivity contribution >= 4 is 5.97 Å². The summed E-state index contributed by atoms with van der Waals surface area (Å²) in [6.45, 7) is 9.94. The Bertz CT molecular complexity index is 230. The molecule has 0 spiro atoms. The van der Waals surface area contributed by atoms with E-state index in [-0.39, 0.29) is 12.1 Å². The van der Waals surface area contributed by atoms with Gasteiger partial charge in [-0.25, -0.2) is 0 Å². The van der Waals surface area contributed by atoms with Crippen LogP contribution in [0.2, 0.25) is 0 Å². The van der Waals surface area contributed by atoms with E-state index in [0.717, 1.165) is 18.4 Å². The molecule has 80 valence electrons. The molecule has 0 bridgehead atoms. The average molecular weight is 196 g/mol. The normalized spacial score (nSPS) is 27.9. The van der Waals surface area contributed by atoms with Gasteiger partial charge in [0.2, 0.25) is 0 Å².